The average molecular weight is 257 g/mol. The molecule has 0 saturated carbocycles. The SMILES string of the molecule is CCCC#CC(C)N1C(=O)OC(=[N+]=[N-])C1C(F)F. The molecule has 1 saturated heterocycles. The van der Waals surface area contributed by atoms with Crippen molar-refractivity contribution in [1.82, 2.24) is 4.90 Å². The Morgan fingerprint density at radius 1 is 1.61 bits per heavy atom. The number of ether oxygens (including phenoxy) is 1. The van der Waals surface area contributed by atoms with Crippen LogP contribution in [0.2, 0.25) is 0 Å². The van der Waals surface area contributed by atoms with E-state index in [1.165, 1.54) is 6.92 Å². The number of nitrogens with zero attached hydrogens (tertiary/aromatic N) is 3. The summed E-state index contributed by atoms with van der Waals surface area (Å²) in [6.07, 6.45) is -2.43. The molecule has 18 heavy (non-hydrogen) atoms. The molecule has 0 N–H and O–H groups in total. The maximum atomic E-state index is 12.8. The Morgan fingerprint density at radius 2 is 2.28 bits per heavy atom. The highest BCUT2D eigenvalue weighted by Gasteiger charge is 2.52. The summed E-state index contributed by atoms with van der Waals surface area (Å²) in [6, 6.07) is -2.42. The van der Waals surface area contributed by atoms with E-state index in [1.807, 2.05) is 6.92 Å². The maximum Gasteiger partial charge on any atom is 0.487 e. The summed E-state index contributed by atoms with van der Waals surface area (Å²) in [5, 5.41) is 0. The molecule has 1 amide bonds. The van der Waals surface area contributed by atoms with E-state index in [-0.39, 0.29) is 0 Å². The quantitative estimate of drug-likeness (QED) is 0.440. The van der Waals surface area contributed by atoms with Gasteiger partial charge in [-0.2, -0.15) is 0 Å². The third-order valence-electron chi connectivity index (χ3n) is 2.40. The van der Waals surface area contributed by atoms with Crippen molar-refractivity contribution < 1.29 is 23.1 Å². The van der Waals surface area contributed by atoms with Gasteiger partial charge in [0, 0.05) is 6.42 Å². The summed E-state index contributed by atoms with van der Waals surface area (Å²) >= 11 is 0. The van der Waals surface area contributed by atoms with Gasteiger partial charge in [0.15, 0.2) is 0 Å². The standard InChI is InChI=1S/C11H13F2N3O2/c1-3-4-5-6-7(2)16-8(9(12)13)10(15-14)18-11(16)17/h7-9H,3-4H2,1-2H3. The van der Waals surface area contributed by atoms with Gasteiger partial charge in [0.25, 0.3) is 6.43 Å². The van der Waals surface area contributed by atoms with Crippen LogP contribution >= 0.6 is 0 Å². The fraction of sp³-hybridized carbons (Fsp3) is 0.636. The zero-order chi connectivity index (χ0) is 13.7. The average Bonchev–Trinajstić information content (AvgIpc) is 2.66. The van der Waals surface area contributed by atoms with Gasteiger partial charge in [-0.1, -0.05) is 12.8 Å². The summed E-state index contributed by atoms with van der Waals surface area (Å²) in [5.41, 5.74) is 8.53. The summed E-state index contributed by atoms with van der Waals surface area (Å²) in [6.45, 7) is 3.45. The summed E-state index contributed by atoms with van der Waals surface area (Å²) in [7, 11) is 0. The number of hydrogen-bond acceptors (Lipinski definition) is 2. The molecule has 0 radical (unpaired) electrons. The highest BCUT2D eigenvalue weighted by Crippen LogP contribution is 2.22. The zero-order valence-corrected chi connectivity index (χ0v) is 10.1. The molecule has 0 aromatic carbocycles. The monoisotopic (exact) mass is 257 g/mol. The van der Waals surface area contributed by atoms with E-state index in [9.17, 15) is 13.6 Å². The molecule has 1 rings (SSSR count). The summed E-state index contributed by atoms with van der Waals surface area (Å²) < 4.78 is 30.1. The topological polar surface area (TPSA) is 65.9 Å². The second-order valence-electron chi connectivity index (χ2n) is 3.74. The van der Waals surface area contributed by atoms with E-state index >= 15 is 0 Å². The van der Waals surface area contributed by atoms with E-state index < -0.39 is 30.5 Å². The van der Waals surface area contributed by atoms with Crippen LogP contribution in [0, 0.1) is 11.8 Å². The van der Waals surface area contributed by atoms with Crippen molar-refractivity contribution >= 4 is 12.0 Å². The van der Waals surface area contributed by atoms with Gasteiger partial charge in [-0.05, 0) is 13.3 Å². The third kappa shape index (κ3) is 2.84. The lowest BCUT2D eigenvalue weighted by Gasteiger charge is -2.20. The molecule has 2 atom stereocenters. The molecule has 5 nitrogen and oxygen atoms in total. The first-order valence-electron chi connectivity index (χ1n) is 5.51. The Balaban J connectivity index is 2.95. The van der Waals surface area contributed by atoms with Crippen LogP contribution in [0.25, 0.3) is 5.53 Å². The number of amides is 1. The molecule has 2 unspecified atom stereocenters. The first-order valence-corrected chi connectivity index (χ1v) is 5.51. The number of carbonyl (C=O) groups is 1. The maximum absolute atomic E-state index is 12.8. The normalized spacial score (nSPS) is 20.3. The molecule has 7 heteroatoms. The van der Waals surface area contributed by atoms with Gasteiger partial charge >= 0.3 is 12.0 Å². The molecule has 0 aromatic rings. The van der Waals surface area contributed by atoms with E-state index in [2.05, 4.69) is 21.4 Å². The van der Waals surface area contributed by atoms with Crippen molar-refractivity contribution in [2.75, 3.05) is 0 Å². The molecule has 0 spiro atoms. The van der Waals surface area contributed by atoms with Gasteiger partial charge in [-0.25, -0.2) is 13.6 Å². The summed E-state index contributed by atoms with van der Waals surface area (Å²) in [4.78, 5) is 14.8. The summed E-state index contributed by atoms with van der Waals surface area (Å²) in [5.74, 6) is 4.77. The Labute approximate surface area is 103 Å². The third-order valence-corrected chi connectivity index (χ3v) is 2.40. The molecule has 0 aliphatic carbocycles. The van der Waals surface area contributed by atoms with Crippen molar-refractivity contribution in [3.63, 3.8) is 0 Å². The lowest BCUT2D eigenvalue weighted by Crippen LogP contribution is -2.45. The largest absolute Gasteiger partial charge is 0.487 e. The minimum absolute atomic E-state index is 0.619. The Morgan fingerprint density at radius 3 is 2.78 bits per heavy atom. The van der Waals surface area contributed by atoms with E-state index in [4.69, 9.17) is 5.53 Å². The van der Waals surface area contributed by atoms with Crippen molar-refractivity contribution in [1.29, 1.82) is 0 Å². The van der Waals surface area contributed by atoms with Crippen LogP contribution in [0.15, 0.2) is 0 Å². The van der Waals surface area contributed by atoms with Gasteiger partial charge in [0.2, 0.25) is 6.04 Å². The molecular weight excluding hydrogens is 244 g/mol. The Hall–Kier alpha value is -1.93. The predicted octanol–water partition coefficient (Wildman–Crippen LogP) is 1.89. The van der Waals surface area contributed by atoms with Crippen LogP contribution in [0.1, 0.15) is 26.7 Å². The fourth-order valence-corrected chi connectivity index (χ4v) is 1.56. The van der Waals surface area contributed by atoms with Gasteiger partial charge in [0.05, 0.1) is 6.04 Å². The number of carbonyl (C=O) groups excluding carboxylic acids is 1. The van der Waals surface area contributed by atoms with Gasteiger partial charge < -0.3 is 10.3 Å². The molecule has 1 heterocycles. The number of halogens is 2. The van der Waals surface area contributed by atoms with Crippen LogP contribution in [0.5, 0.6) is 0 Å². The van der Waals surface area contributed by atoms with Crippen molar-refractivity contribution in [2.24, 2.45) is 0 Å². The molecule has 98 valence electrons. The van der Waals surface area contributed by atoms with Crippen LogP contribution in [0.3, 0.4) is 0 Å². The van der Waals surface area contributed by atoms with Crippen molar-refractivity contribution in [3.8, 4) is 11.8 Å². The highest BCUT2D eigenvalue weighted by molar-refractivity contribution is 5.96. The van der Waals surface area contributed by atoms with Crippen LogP contribution in [0.4, 0.5) is 13.6 Å². The highest BCUT2D eigenvalue weighted by atomic mass is 19.3. The van der Waals surface area contributed by atoms with Gasteiger partial charge in [-0.3, -0.25) is 4.90 Å². The van der Waals surface area contributed by atoms with E-state index in [0.29, 0.717) is 6.42 Å². The van der Waals surface area contributed by atoms with Crippen LogP contribution in [-0.4, -0.2) is 40.2 Å². The number of alkyl halides is 2. The minimum Gasteiger partial charge on any atom is -0.357 e. The number of unbranched alkanes of at least 4 members (excludes halogenated alkanes) is 1. The second-order valence-corrected chi connectivity index (χ2v) is 3.74. The minimum atomic E-state index is -2.90. The van der Waals surface area contributed by atoms with E-state index in [0.717, 1.165) is 11.3 Å². The fourth-order valence-electron chi connectivity index (χ4n) is 1.56. The Kier molecular flexibility index (Phi) is 4.81. The number of cyclic esters (lactones) is 1. The number of hydrogen-bond donors (Lipinski definition) is 0. The lowest BCUT2D eigenvalue weighted by atomic mass is 10.2. The van der Waals surface area contributed by atoms with Crippen molar-refractivity contribution in [3.05, 3.63) is 5.53 Å². The molecule has 1 aliphatic heterocycles. The smallest absolute Gasteiger partial charge is 0.357 e. The van der Waals surface area contributed by atoms with Gasteiger partial charge in [-0.15, -0.1) is 10.7 Å². The Bertz CT molecular complexity index is 435. The first kappa shape index (κ1) is 14.1. The lowest BCUT2D eigenvalue weighted by molar-refractivity contribution is -0.0412. The second kappa shape index (κ2) is 6.12. The molecule has 0 bridgehead atoms. The predicted molar refractivity (Wildman–Crippen MR) is 58.9 cm³/mol. The van der Waals surface area contributed by atoms with Crippen LogP contribution in [-0.2, 0) is 4.74 Å². The molecule has 0 aromatic heterocycles. The molecule has 1 aliphatic rings. The van der Waals surface area contributed by atoms with Gasteiger partial charge in [0.1, 0.15) is 0 Å². The first-order chi connectivity index (χ1) is 8.52. The van der Waals surface area contributed by atoms with Crippen molar-refractivity contribution in [2.45, 2.75) is 45.2 Å². The van der Waals surface area contributed by atoms with E-state index in [1.54, 1.807) is 0 Å². The molecule has 1 fully saturated rings. The molecular formula is C11H13F2N3O2. The zero-order valence-electron chi connectivity index (χ0n) is 10.1. The number of rotatable bonds is 3. The van der Waals surface area contributed by atoms with Crippen LogP contribution < -0.4 is 0 Å².